The Morgan fingerprint density at radius 2 is 1.53 bits per heavy atom. The van der Waals surface area contributed by atoms with Gasteiger partial charge in [-0.05, 0) is 63.2 Å². The fourth-order valence-corrected chi connectivity index (χ4v) is 6.01. The Bertz CT molecular complexity index is 1710. The third kappa shape index (κ3) is 3.19. The number of aromatic amines is 1. The van der Waals surface area contributed by atoms with Gasteiger partial charge in [0.1, 0.15) is 5.82 Å². The number of H-pyrrole nitrogens is 1. The van der Waals surface area contributed by atoms with E-state index in [2.05, 4.69) is 93.3 Å². The van der Waals surface area contributed by atoms with E-state index in [0.717, 1.165) is 30.8 Å². The van der Waals surface area contributed by atoms with Crippen LogP contribution in [0.25, 0.3) is 43.9 Å². The van der Waals surface area contributed by atoms with Crippen LogP contribution in [0.3, 0.4) is 0 Å². The van der Waals surface area contributed by atoms with E-state index in [1.54, 1.807) is 0 Å². The Balaban J connectivity index is 1.36. The third-order valence-corrected chi connectivity index (χ3v) is 8.06. The molecule has 7 rings (SSSR count). The van der Waals surface area contributed by atoms with E-state index in [4.69, 9.17) is 9.98 Å². The number of hydrogen-bond donors (Lipinski definition) is 1. The molecule has 4 aromatic carbocycles. The molecular formula is C33H31N3. The van der Waals surface area contributed by atoms with Crippen LogP contribution < -0.4 is 0 Å². The molecule has 178 valence electrons. The molecule has 1 aliphatic carbocycles. The van der Waals surface area contributed by atoms with Crippen LogP contribution in [0.5, 0.6) is 0 Å². The summed E-state index contributed by atoms with van der Waals surface area (Å²) >= 11 is 0. The lowest BCUT2D eigenvalue weighted by atomic mass is 9.88. The monoisotopic (exact) mass is 469 g/mol. The summed E-state index contributed by atoms with van der Waals surface area (Å²) < 4.78 is 0. The number of aliphatic imine (C=N–C) groups is 1. The number of nitrogens with zero attached hydrogens (tertiary/aromatic N) is 2. The van der Waals surface area contributed by atoms with Crippen molar-refractivity contribution in [3.63, 3.8) is 0 Å². The van der Waals surface area contributed by atoms with Gasteiger partial charge >= 0.3 is 0 Å². The second-order valence-corrected chi connectivity index (χ2v) is 11.0. The molecule has 0 spiro atoms. The molecule has 0 saturated heterocycles. The van der Waals surface area contributed by atoms with E-state index in [1.807, 2.05) is 0 Å². The van der Waals surface area contributed by atoms with Crippen molar-refractivity contribution in [3.05, 3.63) is 83.3 Å². The van der Waals surface area contributed by atoms with Crippen molar-refractivity contribution in [3.8, 4) is 22.4 Å². The minimum absolute atomic E-state index is 0.411. The van der Waals surface area contributed by atoms with Gasteiger partial charge in [-0.1, -0.05) is 82.3 Å². The first-order valence-corrected chi connectivity index (χ1v) is 13.2. The molecule has 1 aliphatic heterocycles. The lowest BCUT2D eigenvalue weighted by Crippen LogP contribution is -2.06. The molecule has 36 heavy (non-hydrogen) atoms. The van der Waals surface area contributed by atoms with Crippen LogP contribution in [0.15, 0.2) is 65.7 Å². The highest BCUT2D eigenvalue weighted by atomic mass is 14.9. The summed E-state index contributed by atoms with van der Waals surface area (Å²) in [4.78, 5) is 13.6. The van der Waals surface area contributed by atoms with Crippen molar-refractivity contribution in [2.24, 2.45) is 10.9 Å². The highest BCUT2D eigenvalue weighted by molar-refractivity contribution is 6.18. The number of rotatable bonds is 3. The molecule has 5 aromatic rings. The van der Waals surface area contributed by atoms with Crippen molar-refractivity contribution >= 4 is 32.9 Å². The zero-order valence-electron chi connectivity index (χ0n) is 21.4. The zero-order valence-corrected chi connectivity index (χ0v) is 21.4. The van der Waals surface area contributed by atoms with E-state index >= 15 is 0 Å². The Labute approximate surface area is 212 Å². The number of nitrogens with one attached hydrogen (secondary N) is 1. The average molecular weight is 470 g/mol. The smallest absolute Gasteiger partial charge is 0.109 e. The lowest BCUT2D eigenvalue weighted by Gasteiger charge is -2.17. The van der Waals surface area contributed by atoms with Crippen molar-refractivity contribution < 1.29 is 0 Å². The van der Waals surface area contributed by atoms with Crippen molar-refractivity contribution in [1.82, 2.24) is 9.97 Å². The van der Waals surface area contributed by atoms with Crippen LogP contribution in [0.1, 0.15) is 56.3 Å². The first kappa shape index (κ1) is 21.6. The van der Waals surface area contributed by atoms with Crippen LogP contribution >= 0.6 is 0 Å². The van der Waals surface area contributed by atoms with Crippen molar-refractivity contribution in [1.29, 1.82) is 0 Å². The topological polar surface area (TPSA) is 41.0 Å². The van der Waals surface area contributed by atoms with Crippen LogP contribution in [-0.2, 0) is 19.3 Å². The molecule has 3 nitrogen and oxygen atoms in total. The molecule has 2 heterocycles. The van der Waals surface area contributed by atoms with E-state index in [-0.39, 0.29) is 0 Å². The molecule has 1 N–H and O–H groups in total. The van der Waals surface area contributed by atoms with Gasteiger partial charge in [-0.3, -0.25) is 4.99 Å². The van der Waals surface area contributed by atoms with Gasteiger partial charge in [0.05, 0.1) is 11.4 Å². The second kappa shape index (κ2) is 7.89. The fraction of sp³-hybridized carbons (Fsp3) is 0.273. The van der Waals surface area contributed by atoms with Gasteiger partial charge in [0.15, 0.2) is 0 Å². The minimum Gasteiger partial charge on any atom is -0.345 e. The average Bonchev–Trinajstić information content (AvgIpc) is 3.54. The Morgan fingerprint density at radius 3 is 2.33 bits per heavy atom. The zero-order chi connectivity index (χ0) is 24.6. The van der Waals surface area contributed by atoms with E-state index in [0.29, 0.717) is 11.8 Å². The largest absolute Gasteiger partial charge is 0.345 e. The summed E-state index contributed by atoms with van der Waals surface area (Å²) in [6, 6.07) is 22.7. The minimum atomic E-state index is 0.411. The van der Waals surface area contributed by atoms with E-state index in [9.17, 15) is 0 Å². The predicted octanol–water partition coefficient (Wildman–Crippen LogP) is 8.56. The number of imidazole rings is 1. The van der Waals surface area contributed by atoms with Gasteiger partial charge in [-0.2, -0.15) is 0 Å². The SMILES string of the molecule is CC(C)C1=Nc2c(c3ccc(-c4ccc5c(c4)CCc4[nH]c(C(C)C)nc4-5)cc3c3ccccc23)C1. The summed E-state index contributed by atoms with van der Waals surface area (Å²) in [5.74, 6) is 1.97. The summed E-state index contributed by atoms with van der Waals surface area (Å²) in [6.45, 7) is 8.89. The quantitative estimate of drug-likeness (QED) is 0.264. The number of benzene rings is 4. The Kier molecular flexibility index (Phi) is 4.73. The van der Waals surface area contributed by atoms with Crippen molar-refractivity contribution in [2.75, 3.05) is 0 Å². The molecule has 0 unspecified atom stereocenters. The second-order valence-electron chi connectivity index (χ2n) is 11.0. The normalized spacial score (nSPS) is 14.4. The number of aryl methyl sites for hydroxylation is 2. The van der Waals surface area contributed by atoms with E-state index in [1.165, 1.54) is 66.5 Å². The molecule has 0 bridgehead atoms. The Hall–Kier alpha value is -3.72. The van der Waals surface area contributed by atoms with Gasteiger partial charge in [-0.25, -0.2) is 4.98 Å². The summed E-state index contributed by atoms with van der Waals surface area (Å²) in [5, 5.41) is 5.23. The summed E-state index contributed by atoms with van der Waals surface area (Å²) in [5.41, 5.74) is 11.5. The molecule has 0 radical (unpaired) electrons. The molecule has 0 atom stereocenters. The molecule has 2 aliphatic rings. The van der Waals surface area contributed by atoms with Crippen LogP contribution in [0.2, 0.25) is 0 Å². The maximum Gasteiger partial charge on any atom is 0.109 e. The molecule has 0 fully saturated rings. The first-order valence-electron chi connectivity index (χ1n) is 13.2. The number of aromatic nitrogens is 2. The maximum atomic E-state index is 5.10. The Morgan fingerprint density at radius 1 is 0.750 bits per heavy atom. The van der Waals surface area contributed by atoms with Gasteiger partial charge in [0.2, 0.25) is 0 Å². The van der Waals surface area contributed by atoms with Crippen LogP contribution in [0.4, 0.5) is 5.69 Å². The maximum absolute atomic E-state index is 5.10. The summed E-state index contributed by atoms with van der Waals surface area (Å²) in [6.07, 6.45) is 3.03. The third-order valence-electron chi connectivity index (χ3n) is 8.06. The fourth-order valence-electron chi connectivity index (χ4n) is 6.01. The molecule has 0 saturated carbocycles. The molecule has 3 heteroatoms. The van der Waals surface area contributed by atoms with Gasteiger partial charge in [0.25, 0.3) is 0 Å². The molecule has 1 aromatic heterocycles. The lowest BCUT2D eigenvalue weighted by molar-refractivity contribution is 0.787. The number of fused-ring (bicyclic) bond motifs is 9. The van der Waals surface area contributed by atoms with Crippen molar-refractivity contribution in [2.45, 2.75) is 52.9 Å². The van der Waals surface area contributed by atoms with Gasteiger partial charge in [0, 0.05) is 34.7 Å². The number of hydrogen-bond acceptors (Lipinski definition) is 2. The highest BCUT2D eigenvalue weighted by Crippen LogP contribution is 2.44. The first-order chi connectivity index (χ1) is 17.5. The molecular weight excluding hydrogens is 438 g/mol. The highest BCUT2D eigenvalue weighted by Gasteiger charge is 2.24. The standard InChI is InChI=1S/C33H31N3/c1-18(2)30-17-28-25-13-10-21(16-27(25)24-7-5-6-8-26(24)31(28)34-30)20-9-12-23-22(15-20)11-14-29-32(23)36-33(35-29)19(3)4/h5-10,12-13,15-16,18-19H,11,14,17H2,1-4H3,(H,35,36). The van der Waals surface area contributed by atoms with Gasteiger partial charge < -0.3 is 4.98 Å². The van der Waals surface area contributed by atoms with Crippen LogP contribution in [-0.4, -0.2) is 15.7 Å². The van der Waals surface area contributed by atoms with E-state index < -0.39 is 0 Å². The van der Waals surface area contributed by atoms with Gasteiger partial charge in [-0.15, -0.1) is 0 Å². The molecule has 0 amide bonds. The predicted molar refractivity (Wildman–Crippen MR) is 152 cm³/mol. The van der Waals surface area contributed by atoms with Crippen LogP contribution in [0, 0.1) is 5.92 Å². The summed E-state index contributed by atoms with van der Waals surface area (Å²) in [7, 11) is 0.